The number of aromatic nitrogens is 2. The summed E-state index contributed by atoms with van der Waals surface area (Å²) in [5.74, 6) is 2.65. The van der Waals surface area contributed by atoms with Gasteiger partial charge in [0.2, 0.25) is 11.8 Å². The molecule has 0 saturated carbocycles. The molecule has 7 heteroatoms. The number of amides is 1. The molecule has 0 fully saturated rings. The molecule has 0 saturated heterocycles. The molecule has 24 heavy (non-hydrogen) atoms. The van der Waals surface area contributed by atoms with Crippen molar-refractivity contribution in [2.24, 2.45) is 0 Å². The van der Waals surface area contributed by atoms with Crippen LogP contribution in [0.2, 0.25) is 0 Å². The van der Waals surface area contributed by atoms with Gasteiger partial charge in [-0.2, -0.15) is 4.98 Å². The molecule has 0 bridgehead atoms. The van der Waals surface area contributed by atoms with E-state index in [2.05, 4.69) is 15.5 Å². The Morgan fingerprint density at radius 1 is 1.29 bits per heavy atom. The Labute approximate surface area is 140 Å². The Morgan fingerprint density at radius 2 is 2.08 bits per heavy atom. The monoisotopic (exact) mass is 331 g/mol. The smallest absolute Gasteiger partial charge is 0.226 e. The average molecular weight is 331 g/mol. The van der Waals surface area contributed by atoms with Crippen molar-refractivity contribution < 1.29 is 18.8 Å². The van der Waals surface area contributed by atoms with Gasteiger partial charge in [-0.15, -0.1) is 0 Å². The second-order valence-electron chi connectivity index (χ2n) is 5.78. The van der Waals surface area contributed by atoms with Gasteiger partial charge in [0.25, 0.3) is 0 Å². The van der Waals surface area contributed by atoms with E-state index < -0.39 is 0 Å². The predicted molar refractivity (Wildman–Crippen MR) is 86.0 cm³/mol. The lowest BCUT2D eigenvalue weighted by molar-refractivity contribution is -0.121. The molecule has 1 atom stereocenters. The first-order valence-corrected chi connectivity index (χ1v) is 8.10. The molecule has 1 aromatic carbocycles. The molecular weight excluding hydrogens is 310 g/mol. The number of nitrogens with one attached hydrogen (secondary N) is 1. The Bertz CT molecular complexity index is 714. The van der Waals surface area contributed by atoms with Gasteiger partial charge < -0.3 is 19.3 Å². The van der Waals surface area contributed by atoms with Crippen molar-refractivity contribution in [3.8, 4) is 11.5 Å². The first-order chi connectivity index (χ1) is 11.6. The third kappa shape index (κ3) is 4.04. The largest absolute Gasteiger partial charge is 0.486 e. The summed E-state index contributed by atoms with van der Waals surface area (Å²) in [6, 6.07) is 5.64. The summed E-state index contributed by atoms with van der Waals surface area (Å²) in [5, 5.41) is 6.72. The zero-order valence-corrected chi connectivity index (χ0v) is 13.9. The topological polar surface area (TPSA) is 86.5 Å². The third-order valence-corrected chi connectivity index (χ3v) is 3.81. The number of nitrogens with zero attached hydrogens (tertiary/aromatic N) is 2. The van der Waals surface area contributed by atoms with Crippen LogP contribution in [0.1, 0.15) is 43.1 Å². The maximum absolute atomic E-state index is 12.1. The number of carbonyl (C=O) groups is 1. The predicted octanol–water partition coefficient (Wildman–Crippen LogP) is 2.35. The molecule has 0 radical (unpaired) electrons. The molecule has 2 aromatic rings. The van der Waals surface area contributed by atoms with Crippen molar-refractivity contribution >= 4 is 5.91 Å². The number of benzene rings is 1. The number of fused-ring (bicyclic) bond motifs is 1. The summed E-state index contributed by atoms with van der Waals surface area (Å²) in [6.45, 7) is 4.84. The van der Waals surface area contributed by atoms with E-state index in [-0.39, 0.29) is 11.9 Å². The number of hydrogen-bond donors (Lipinski definition) is 1. The molecule has 0 spiro atoms. The van der Waals surface area contributed by atoms with E-state index >= 15 is 0 Å². The summed E-state index contributed by atoms with van der Waals surface area (Å²) >= 11 is 0. The highest BCUT2D eigenvalue weighted by atomic mass is 16.6. The molecule has 3 rings (SSSR count). The van der Waals surface area contributed by atoms with Crippen LogP contribution in [0.15, 0.2) is 22.7 Å². The number of hydrogen-bond acceptors (Lipinski definition) is 6. The SMILES string of the molecule is Cc1noc(CCCC(=O)N[C@@H](C)c2ccc3c(c2)OCCO3)n1. The van der Waals surface area contributed by atoms with Gasteiger partial charge in [-0.3, -0.25) is 4.79 Å². The van der Waals surface area contributed by atoms with E-state index in [9.17, 15) is 4.79 Å². The highest BCUT2D eigenvalue weighted by Gasteiger charge is 2.16. The second-order valence-corrected chi connectivity index (χ2v) is 5.78. The van der Waals surface area contributed by atoms with Crippen molar-refractivity contribution in [3.05, 3.63) is 35.5 Å². The fourth-order valence-electron chi connectivity index (χ4n) is 2.57. The zero-order chi connectivity index (χ0) is 16.9. The third-order valence-electron chi connectivity index (χ3n) is 3.81. The van der Waals surface area contributed by atoms with E-state index in [1.807, 2.05) is 25.1 Å². The molecule has 0 unspecified atom stereocenters. The first-order valence-electron chi connectivity index (χ1n) is 8.10. The van der Waals surface area contributed by atoms with E-state index in [0.29, 0.717) is 44.2 Å². The Balaban J connectivity index is 1.48. The molecule has 7 nitrogen and oxygen atoms in total. The van der Waals surface area contributed by atoms with E-state index in [0.717, 1.165) is 17.1 Å². The highest BCUT2D eigenvalue weighted by molar-refractivity contribution is 5.76. The maximum Gasteiger partial charge on any atom is 0.226 e. The van der Waals surface area contributed by atoms with Crippen LogP contribution in [-0.4, -0.2) is 29.3 Å². The summed E-state index contributed by atoms with van der Waals surface area (Å²) < 4.78 is 16.1. The lowest BCUT2D eigenvalue weighted by Crippen LogP contribution is -2.26. The molecule has 2 heterocycles. The lowest BCUT2D eigenvalue weighted by atomic mass is 10.1. The quantitative estimate of drug-likeness (QED) is 0.874. The molecule has 1 aliphatic rings. The van der Waals surface area contributed by atoms with Crippen LogP contribution < -0.4 is 14.8 Å². The van der Waals surface area contributed by atoms with Crippen LogP contribution in [0.4, 0.5) is 0 Å². The minimum absolute atomic E-state index is 0.00590. The molecule has 0 aliphatic carbocycles. The number of rotatable bonds is 6. The van der Waals surface area contributed by atoms with E-state index in [4.69, 9.17) is 14.0 Å². The van der Waals surface area contributed by atoms with Gasteiger partial charge in [0.15, 0.2) is 17.3 Å². The standard InChI is InChI=1S/C17H21N3O4/c1-11(13-6-7-14-15(10-13)23-9-8-22-14)18-16(21)4-3-5-17-19-12(2)20-24-17/h6-7,10-11H,3-5,8-9H2,1-2H3,(H,18,21)/t11-/m0/s1. The Hall–Kier alpha value is -2.57. The van der Waals surface area contributed by atoms with Crippen LogP contribution in [-0.2, 0) is 11.2 Å². The molecule has 1 N–H and O–H groups in total. The normalized spacial score (nSPS) is 14.2. The molecule has 128 valence electrons. The zero-order valence-electron chi connectivity index (χ0n) is 13.9. The summed E-state index contributed by atoms with van der Waals surface area (Å²) in [4.78, 5) is 16.2. The average Bonchev–Trinajstić information content (AvgIpc) is 2.99. The van der Waals surface area contributed by atoms with Crippen molar-refractivity contribution in [2.45, 2.75) is 39.2 Å². The minimum atomic E-state index is -0.0982. The van der Waals surface area contributed by atoms with Crippen LogP contribution >= 0.6 is 0 Å². The first kappa shape index (κ1) is 16.3. The molecular formula is C17H21N3O4. The van der Waals surface area contributed by atoms with Gasteiger partial charge in [-0.1, -0.05) is 11.2 Å². The molecule has 1 aliphatic heterocycles. The van der Waals surface area contributed by atoms with Gasteiger partial charge in [-0.25, -0.2) is 0 Å². The number of aryl methyl sites for hydroxylation is 2. The van der Waals surface area contributed by atoms with Crippen molar-refractivity contribution in [2.75, 3.05) is 13.2 Å². The highest BCUT2D eigenvalue weighted by Crippen LogP contribution is 2.32. The maximum atomic E-state index is 12.1. The van der Waals surface area contributed by atoms with Gasteiger partial charge >= 0.3 is 0 Å². The number of carbonyl (C=O) groups excluding carboxylic acids is 1. The number of ether oxygens (including phenoxy) is 2. The fourth-order valence-corrected chi connectivity index (χ4v) is 2.57. The summed E-state index contributed by atoms with van der Waals surface area (Å²) in [5.41, 5.74) is 0.986. The van der Waals surface area contributed by atoms with E-state index in [1.165, 1.54) is 0 Å². The molecule has 1 aromatic heterocycles. The van der Waals surface area contributed by atoms with Gasteiger partial charge in [-0.05, 0) is 38.0 Å². The van der Waals surface area contributed by atoms with Crippen LogP contribution in [0.5, 0.6) is 11.5 Å². The summed E-state index contributed by atoms with van der Waals surface area (Å²) in [7, 11) is 0. The van der Waals surface area contributed by atoms with Gasteiger partial charge in [0.05, 0.1) is 6.04 Å². The van der Waals surface area contributed by atoms with Crippen molar-refractivity contribution in [1.29, 1.82) is 0 Å². The van der Waals surface area contributed by atoms with Crippen molar-refractivity contribution in [3.63, 3.8) is 0 Å². The van der Waals surface area contributed by atoms with E-state index in [1.54, 1.807) is 6.92 Å². The second kappa shape index (κ2) is 7.33. The van der Waals surface area contributed by atoms with Crippen molar-refractivity contribution in [1.82, 2.24) is 15.5 Å². The van der Waals surface area contributed by atoms with Crippen LogP contribution in [0.25, 0.3) is 0 Å². The summed E-state index contributed by atoms with van der Waals surface area (Å²) in [6.07, 6.45) is 1.68. The van der Waals surface area contributed by atoms with Gasteiger partial charge in [0.1, 0.15) is 13.2 Å². The van der Waals surface area contributed by atoms with Gasteiger partial charge in [0, 0.05) is 12.8 Å². The minimum Gasteiger partial charge on any atom is -0.486 e. The molecule has 1 amide bonds. The Morgan fingerprint density at radius 3 is 2.83 bits per heavy atom. The van der Waals surface area contributed by atoms with Crippen LogP contribution in [0.3, 0.4) is 0 Å². The van der Waals surface area contributed by atoms with Crippen LogP contribution in [0, 0.1) is 6.92 Å². The Kier molecular flexibility index (Phi) is 4.98. The lowest BCUT2D eigenvalue weighted by Gasteiger charge is -2.21. The fraction of sp³-hybridized carbons (Fsp3) is 0.471.